The maximum absolute atomic E-state index is 11.1. The molecule has 0 saturated carbocycles. The summed E-state index contributed by atoms with van der Waals surface area (Å²) >= 11 is 5.72. The van der Waals surface area contributed by atoms with Gasteiger partial charge in [0.2, 0.25) is 5.91 Å². The number of nitrogens with zero attached hydrogens (tertiary/aromatic N) is 2. The number of hydrazone groups is 1. The first-order valence-electron chi connectivity index (χ1n) is 4.56. The summed E-state index contributed by atoms with van der Waals surface area (Å²) in [6.45, 7) is -0.0388. The van der Waals surface area contributed by atoms with Gasteiger partial charge in [-0.3, -0.25) is 10.1 Å². The minimum atomic E-state index is -0.504. The first-order valence-corrected chi connectivity index (χ1v) is 4.94. The highest BCUT2D eigenvalue weighted by Crippen LogP contribution is 2.08. The predicted octanol–water partition coefficient (Wildman–Crippen LogP) is 1.23. The van der Waals surface area contributed by atoms with E-state index in [1.54, 1.807) is 24.3 Å². The Morgan fingerprint density at radius 1 is 1.31 bits per heavy atom. The summed E-state index contributed by atoms with van der Waals surface area (Å²) < 4.78 is 0. The van der Waals surface area contributed by atoms with Crippen LogP contribution in [0.1, 0.15) is 5.56 Å². The second-order valence-corrected chi connectivity index (χ2v) is 3.64. The normalized spacial score (nSPS) is 15.9. The van der Waals surface area contributed by atoms with E-state index in [2.05, 4.69) is 10.4 Å². The van der Waals surface area contributed by atoms with Gasteiger partial charge in [0.1, 0.15) is 6.54 Å². The van der Waals surface area contributed by atoms with Gasteiger partial charge in [0.15, 0.2) is 0 Å². The molecule has 1 heterocycles. The van der Waals surface area contributed by atoms with Gasteiger partial charge >= 0.3 is 6.03 Å². The van der Waals surface area contributed by atoms with Gasteiger partial charge in [0.05, 0.1) is 6.21 Å². The molecule has 0 atom stereocenters. The molecule has 5 nitrogen and oxygen atoms in total. The summed E-state index contributed by atoms with van der Waals surface area (Å²) in [7, 11) is 0. The number of halogens is 1. The Kier molecular flexibility index (Phi) is 2.87. The van der Waals surface area contributed by atoms with E-state index in [9.17, 15) is 9.59 Å². The van der Waals surface area contributed by atoms with Crippen LogP contribution in [0.5, 0.6) is 0 Å². The number of nitrogens with one attached hydrogen (secondary N) is 1. The molecule has 0 bridgehead atoms. The van der Waals surface area contributed by atoms with Gasteiger partial charge in [0.25, 0.3) is 0 Å². The molecule has 0 aliphatic carbocycles. The molecular formula is C10H8ClN3O2. The van der Waals surface area contributed by atoms with Crippen LogP contribution >= 0.6 is 11.6 Å². The lowest BCUT2D eigenvalue weighted by Crippen LogP contribution is -2.24. The number of carbonyl (C=O) groups excluding carboxylic acids is 2. The summed E-state index contributed by atoms with van der Waals surface area (Å²) in [6, 6.07) is 6.47. The zero-order valence-corrected chi connectivity index (χ0v) is 8.94. The van der Waals surface area contributed by atoms with E-state index >= 15 is 0 Å². The van der Waals surface area contributed by atoms with Crippen molar-refractivity contribution in [2.45, 2.75) is 0 Å². The van der Waals surface area contributed by atoms with Crippen molar-refractivity contribution in [1.82, 2.24) is 10.3 Å². The average molecular weight is 238 g/mol. The van der Waals surface area contributed by atoms with E-state index in [-0.39, 0.29) is 12.5 Å². The number of benzene rings is 1. The van der Waals surface area contributed by atoms with Crippen LogP contribution in [0.2, 0.25) is 5.02 Å². The van der Waals surface area contributed by atoms with Crippen molar-refractivity contribution in [2.24, 2.45) is 5.10 Å². The van der Waals surface area contributed by atoms with Crippen LogP contribution in [0.3, 0.4) is 0 Å². The summed E-state index contributed by atoms with van der Waals surface area (Å²) in [6.07, 6.45) is 1.49. The minimum absolute atomic E-state index is 0.0388. The van der Waals surface area contributed by atoms with Crippen molar-refractivity contribution in [3.05, 3.63) is 34.9 Å². The van der Waals surface area contributed by atoms with Gasteiger partial charge in [-0.2, -0.15) is 5.10 Å². The molecule has 0 aromatic heterocycles. The topological polar surface area (TPSA) is 61.8 Å². The molecule has 82 valence electrons. The zero-order valence-electron chi connectivity index (χ0n) is 8.18. The Labute approximate surface area is 96.7 Å². The van der Waals surface area contributed by atoms with E-state index in [0.29, 0.717) is 5.02 Å². The molecule has 2 rings (SSSR count). The smallest absolute Gasteiger partial charge is 0.275 e. The second-order valence-electron chi connectivity index (χ2n) is 3.21. The van der Waals surface area contributed by atoms with Crippen LogP contribution in [0.4, 0.5) is 4.79 Å². The average Bonchev–Trinajstić information content (AvgIpc) is 2.57. The van der Waals surface area contributed by atoms with Crippen molar-refractivity contribution in [2.75, 3.05) is 6.54 Å². The van der Waals surface area contributed by atoms with E-state index in [0.717, 1.165) is 10.6 Å². The largest absolute Gasteiger partial charge is 0.344 e. The van der Waals surface area contributed by atoms with Crippen LogP contribution in [-0.2, 0) is 4.79 Å². The first kappa shape index (κ1) is 10.6. The van der Waals surface area contributed by atoms with Crippen molar-refractivity contribution < 1.29 is 9.59 Å². The lowest BCUT2D eigenvalue weighted by Gasteiger charge is -2.03. The van der Waals surface area contributed by atoms with E-state index in [1.807, 2.05) is 0 Å². The summed E-state index contributed by atoms with van der Waals surface area (Å²) in [5.74, 6) is -0.349. The predicted molar refractivity (Wildman–Crippen MR) is 59.3 cm³/mol. The van der Waals surface area contributed by atoms with Gasteiger partial charge < -0.3 is 0 Å². The van der Waals surface area contributed by atoms with Crippen molar-refractivity contribution >= 4 is 29.8 Å². The Balaban J connectivity index is 2.07. The summed E-state index contributed by atoms with van der Waals surface area (Å²) in [5, 5.41) is 7.71. The van der Waals surface area contributed by atoms with Gasteiger partial charge in [-0.1, -0.05) is 23.7 Å². The molecule has 1 aromatic rings. The Morgan fingerprint density at radius 2 is 2.00 bits per heavy atom. The number of imide groups is 1. The summed E-state index contributed by atoms with van der Waals surface area (Å²) in [4.78, 5) is 22.0. The van der Waals surface area contributed by atoms with Gasteiger partial charge in [-0.15, -0.1) is 0 Å². The maximum Gasteiger partial charge on any atom is 0.344 e. The van der Waals surface area contributed by atoms with Gasteiger partial charge in [-0.25, -0.2) is 9.80 Å². The molecule has 1 fully saturated rings. The molecule has 6 heteroatoms. The van der Waals surface area contributed by atoms with Crippen LogP contribution in [0, 0.1) is 0 Å². The highest BCUT2D eigenvalue weighted by atomic mass is 35.5. The fraction of sp³-hybridized carbons (Fsp3) is 0.100. The Bertz CT molecular complexity index is 456. The number of amides is 3. The lowest BCUT2D eigenvalue weighted by atomic mass is 10.2. The number of hydrogen-bond donors (Lipinski definition) is 1. The molecular weight excluding hydrogens is 230 g/mol. The van der Waals surface area contributed by atoms with Crippen LogP contribution in [0.25, 0.3) is 0 Å². The van der Waals surface area contributed by atoms with E-state index in [4.69, 9.17) is 11.6 Å². The monoisotopic (exact) mass is 237 g/mol. The molecule has 16 heavy (non-hydrogen) atoms. The van der Waals surface area contributed by atoms with Crippen molar-refractivity contribution in [3.8, 4) is 0 Å². The molecule has 1 aliphatic heterocycles. The quantitative estimate of drug-likeness (QED) is 0.621. The Morgan fingerprint density at radius 3 is 2.56 bits per heavy atom. The third-order valence-electron chi connectivity index (χ3n) is 1.99. The number of urea groups is 1. The van der Waals surface area contributed by atoms with E-state index < -0.39 is 6.03 Å². The molecule has 0 radical (unpaired) electrons. The van der Waals surface area contributed by atoms with Crippen molar-refractivity contribution in [3.63, 3.8) is 0 Å². The van der Waals surface area contributed by atoms with E-state index in [1.165, 1.54) is 6.21 Å². The molecule has 1 aromatic carbocycles. The lowest BCUT2D eigenvalue weighted by molar-refractivity contribution is -0.118. The third kappa shape index (κ3) is 2.38. The maximum atomic E-state index is 11.1. The van der Waals surface area contributed by atoms with Gasteiger partial charge in [-0.05, 0) is 17.7 Å². The van der Waals surface area contributed by atoms with Gasteiger partial charge in [0, 0.05) is 5.02 Å². The summed E-state index contributed by atoms with van der Waals surface area (Å²) in [5.41, 5.74) is 0.802. The van der Waals surface area contributed by atoms with Crippen LogP contribution < -0.4 is 5.32 Å². The molecule has 0 unspecified atom stereocenters. The number of carbonyl (C=O) groups is 2. The second kappa shape index (κ2) is 4.32. The SMILES string of the molecule is O=C1CN(/N=C\c2ccc(Cl)cc2)C(=O)N1. The molecule has 1 saturated heterocycles. The fourth-order valence-electron chi connectivity index (χ4n) is 1.21. The highest BCUT2D eigenvalue weighted by molar-refractivity contribution is 6.30. The molecule has 3 amide bonds. The molecule has 1 aliphatic rings. The highest BCUT2D eigenvalue weighted by Gasteiger charge is 2.25. The zero-order chi connectivity index (χ0) is 11.5. The Hall–Kier alpha value is -1.88. The van der Waals surface area contributed by atoms with Crippen LogP contribution in [0.15, 0.2) is 29.4 Å². The standard InChI is InChI=1S/C10H8ClN3O2/c11-8-3-1-7(2-4-8)5-12-14-6-9(15)13-10(14)16/h1-5H,6H2,(H,13,15,16)/b12-5-. The fourth-order valence-corrected chi connectivity index (χ4v) is 1.34. The number of hydrogen-bond acceptors (Lipinski definition) is 3. The molecule has 0 spiro atoms. The molecule has 1 N–H and O–H groups in total. The number of rotatable bonds is 2. The van der Waals surface area contributed by atoms with Crippen LogP contribution in [-0.4, -0.2) is 29.7 Å². The van der Waals surface area contributed by atoms with Crippen molar-refractivity contribution in [1.29, 1.82) is 0 Å². The third-order valence-corrected chi connectivity index (χ3v) is 2.24. The minimum Gasteiger partial charge on any atom is -0.275 e. The first-order chi connectivity index (χ1) is 7.65.